The van der Waals surface area contributed by atoms with Gasteiger partial charge in [0.1, 0.15) is 6.04 Å². The van der Waals surface area contributed by atoms with Crippen LogP contribution < -0.4 is 10.2 Å². The highest BCUT2D eigenvalue weighted by Gasteiger charge is 2.40. The Morgan fingerprint density at radius 2 is 1.62 bits per heavy atom. The number of aromatic nitrogens is 3. The Morgan fingerprint density at radius 3 is 2.33 bits per heavy atom. The number of anilines is 1. The normalized spacial score (nSPS) is 17.8. The summed E-state index contributed by atoms with van der Waals surface area (Å²) in [6.45, 7) is 1.35. The van der Waals surface area contributed by atoms with Crippen LogP contribution in [0.5, 0.6) is 0 Å². The molecule has 2 amide bonds. The van der Waals surface area contributed by atoms with Crippen molar-refractivity contribution >= 4 is 29.1 Å². The molecular weight excluding hydrogens is 538 g/mol. The Labute approximate surface area is 234 Å². The highest BCUT2D eigenvalue weighted by molar-refractivity contribution is 6.30. The van der Waals surface area contributed by atoms with Gasteiger partial charge in [-0.25, -0.2) is 13.5 Å². The van der Waals surface area contributed by atoms with Crippen LogP contribution in [0.4, 0.5) is 14.5 Å². The van der Waals surface area contributed by atoms with E-state index < -0.39 is 11.6 Å². The number of benzene rings is 2. The topological polar surface area (TPSA) is 83.4 Å². The average molecular weight is 563 g/mol. The fourth-order valence-corrected chi connectivity index (χ4v) is 5.59. The van der Waals surface area contributed by atoms with Crippen molar-refractivity contribution in [3.05, 3.63) is 95.4 Å². The molecule has 2 saturated heterocycles. The van der Waals surface area contributed by atoms with Gasteiger partial charge in [0.15, 0.2) is 17.3 Å². The van der Waals surface area contributed by atoms with Gasteiger partial charge in [-0.05, 0) is 73.4 Å². The third-order valence-corrected chi connectivity index (χ3v) is 7.76. The van der Waals surface area contributed by atoms with Crippen LogP contribution in [-0.2, 0) is 4.79 Å². The van der Waals surface area contributed by atoms with E-state index >= 15 is 0 Å². The fraction of sp³-hybridized carbons (Fsp3) is 0.241. The Balaban J connectivity index is 1.22. The lowest BCUT2D eigenvalue weighted by Crippen LogP contribution is -2.47. The second-order valence-corrected chi connectivity index (χ2v) is 10.3. The summed E-state index contributed by atoms with van der Waals surface area (Å²) < 4.78 is 29.1. The van der Waals surface area contributed by atoms with Gasteiger partial charge in [-0.15, -0.1) is 0 Å². The summed E-state index contributed by atoms with van der Waals surface area (Å²) in [6.07, 6.45) is 4.51. The minimum atomic E-state index is -1.01. The van der Waals surface area contributed by atoms with Crippen molar-refractivity contribution in [3.8, 4) is 16.9 Å². The van der Waals surface area contributed by atoms with Crippen LogP contribution in [0, 0.1) is 17.6 Å². The number of hydrogen-bond donors (Lipinski definition) is 1. The summed E-state index contributed by atoms with van der Waals surface area (Å²) in [6, 6.07) is 15.7. The number of halogens is 3. The number of likely N-dealkylation sites (tertiary alicyclic amines) is 1. The maximum atomic E-state index is 14.1. The van der Waals surface area contributed by atoms with Crippen LogP contribution in [0.15, 0.2) is 73.1 Å². The smallest absolute Gasteiger partial charge is 0.274 e. The highest BCUT2D eigenvalue weighted by atomic mass is 35.5. The Hall–Kier alpha value is -4.31. The van der Waals surface area contributed by atoms with Gasteiger partial charge >= 0.3 is 0 Å². The summed E-state index contributed by atoms with van der Waals surface area (Å²) >= 11 is 6.04. The molecule has 0 radical (unpaired) electrons. The summed E-state index contributed by atoms with van der Waals surface area (Å²) in [4.78, 5) is 34.2. The first kappa shape index (κ1) is 25.9. The lowest BCUT2D eigenvalue weighted by atomic mass is 9.88. The zero-order valence-electron chi connectivity index (χ0n) is 21.3. The molecule has 2 aromatic heterocycles. The van der Waals surface area contributed by atoms with Crippen molar-refractivity contribution in [3.63, 3.8) is 0 Å². The van der Waals surface area contributed by atoms with E-state index in [9.17, 15) is 18.4 Å². The van der Waals surface area contributed by atoms with Gasteiger partial charge < -0.3 is 15.1 Å². The predicted molar refractivity (Wildman–Crippen MR) is 146 cm³/mol. The van der Waals surface area contributed by atoms with Crippen LogP contribution in [0.3, 0.4) is 0 Å². The molecule has 0 spiro atoms. The van der Waals surface area contributed by atoms with Crippen molar-refractivity contribution < 1.29 is 18.4 Å². The molecule has 0 aliphatic carbocycles. The molecule has 6 rings (SSSR count). The molecule has 1 unspecified atom stereocenters. The molecule has 1 N–H and O–H groups in total. The average Bonchev–Trinajstić information content (AvgIpc) is 3.59. The molecule has 0 bridgehead atoms. The number of pyridine rings is 1. The van der Waals surface area contributed by atoms with Crippen LogP contribution in [0.25, 0.3) is 16.9 Å². The van der Waals surface area contributed by atoms with Crippen molar-refractivity contribution in [1.29, 1.82) is 0 Å². The Kier molecular flexibility index (Phi) is 6.93. The lowest BCUT2D eigenvalue weighted by molar-refractivity contribution is -0.121. The maximum absolute atomic E-state index is 14.1. The number of nitrogens with one attached hydrogen (secondary N) is 1. The van der Waals surface area contributed by atoms with Crippen molar-refractivity contribution in [2.75, 3.05) is 24.7 Å². The van der Waals surface area contributed by atoms with Gasteiger partial charge in [0.25, 0.3) is 5.91 Å². The van der Waals surface area contributed by atoms with E-state index in [2.05, 4.69) is 15.4 Å². The molecule has 0 saturated carbocycles. The van der Waals surface area contributed by atoms with E-state index in [0.29, 0.717) is 43.3 Å². The lowest BCUT2D eigenvalue weighted by Gasteiger charge is -2.37. The van der Waals surface area contributed by atoms with Gasteiger partial charge in [0, 0.05) is 47.8 Å². The molecule has 8 nitrogen and oxygen atoms in total. The molecule has 4 heterocycles. The molecular formula is C29H25ClF2N6O2. The molecule has 2 fully saturated rings. The highest BCUT2D eigenvalue weighted by Crippen LogP contribution is 2.32. The van der Waals surface area contributed by atoms with Gasteiger partial charge in [-0.3, -0.25) is 14.6 Å². The summed E-state index contributed by atoms with van der Waals surface area (Å²) in [7, 11) is 0. The molecule has 2 aliphatic rings. The van der Waals surface area contributed by atoms with E-state index in [1.165, 1.54) is 10.7 Å². The van der Waals surface area contributed by atoms with Crippen molar-refractivity contribution in [2.24, 2.45) is 5.92 Å². The van der Waals surface area contributed by atoms with Crippen LogP contribution in [0.1, 0.15) is 23.3 Å². The SMILES string of the molecule is O=C1NCN(c2ccc(Cl)cc2)C1C1CCN(C(=O)c2cc(-c3ccncc3)n(-c3ccc(F)c(F)c3)n2)CC1. The second-order valence-electron chi connectivity index (χ2n) is 9.88. The summed E-state index contributed by atoms with van der Waals surface area (Å²) in [5, 5.41) is 8.08. The number of nitrogens with zero attached hydrogens (tertiary/aromatic N) is 5. The Morgan fingerprint density at radius 1 is 0.925 bits per heavy atom. The molecule has 2 aliphatic heterocycles. The largest absolute Gasteiger partial charge is 0.342 e. The number of rotatable bonds is 5. The van der Waals surface area contributed by atoms with Crippen molar-refractivity contribution in [2.45, 2.75) is 18.9 Å². The molecule has 4 aromatic rings. The molecule has 204 valence electrons. The number of carbonyl (C=O) groups excluding carboxylic acids is 2. The molecule has 2 aromatic carbocycles. The van der Waals surface area contributed by atoms with Gasteiger partial charge in [-0.1, -0.05) is 11.6 Å². The fourth-order valence-electron chi connectivity index (χ4n) is 5.47. The van der Waals surface area contributed by atoms with E-state index in [1.54, 1.807) is 47.6 Å². The zero-order valence-corrected chi connectivity index (χ0v) is 22.1. The monoisotopic (exact) mass is 562 g/mol. The first-order chi connectivity index (χ1) is 19.4. The number of hydrogen-bond acceptors (Lipinski definition) is 5. The third-order valence-electron chi connectivity index (χ3n) is 7.51. The van der Waals surface area contributed by atoms with E-state index in [4.69, 9.17) is 11.6 Å². The van der Waals surface area contributed by atoms with Crippen LogP contribution in [0.2, 0.25) is 5.02 Å². The quantitative estimate of drug-likeness (QED) is 0.382. The van der Waals surface area contributed by atoms with E-state index in [0.717, 1.165) is 23.4 Å². The van der Waals surface area contributed by atoms with Crippen LogP contribution in [-0.4, -0.2) is 57.3 Å². The van der Waals surface area contributed by atoms with Gasteiger partial charge in [0.2, 0.25) is 5.91 Å². The molecule has 40 heavy (non-hydrogen) atoms. The number of piperidine rings is 1. The minimum absolute atomic E-state index is 0.0213. The standard InChI is InChI=1S/C29H25ClF2N6O2/c30-20-1-3-21(4-2-20)37-17-34-28(39)27(37)19-9-13-36(14-10-19)29(40)25-16-26(18-7-11-33-12-8-18)38(35-25)22-5-6-23(31)24(32)15-22/h1-8,11-12,15-16,19,27H,9-10,13-14,17H2,(H,34,39). The first-order valence-electron chi connectivity index (χ1n) is 12.9. The number of carbonyl (C=O) groups is 2. The van der Waals surface area contributed by atoms with Crippen LogP contribution >= 0.6 is 11.6 Å². The second kappa shape index (κ2) is 10.7. The summed E-state index contributed by atoms with van der Waals surface area (Å²) in [5.74, 6) is -2.19. The number of amides is 2. The van der Waals surface area contributed by atoms with E-state index in [1.807, 2.05) is 17.0 Å². The molecule has 11 heteroatoms. The molecule has 1 atom stereocenters. The predicted octanol–water partition coefficient (Wildman–Crippen LogP) is 4.68. The third kappa shape index (κ3) is 4.90. The Bertz CT molecular complexity index is 1550. The summed E-state index contributed by atoms with van der Waals surface area (Å²) in [5.41, 5.74) is 2.67. The zero-order chi connectivity index (χ0) is 27.8. The van der Waals surface area contributed by atoms with Gasteiger partial charge in [0.05, 0.1) is 18.1 Å². The first-order valence-corrected chi connectivity index (χ1v) is 13.3. The van der Waals surface area contributed by atoms with Crippen molar-refractivity contribution in [1.82, 2.24) is 25.0 Å². The van der Waals surface area contributed by atoms with Gasteiger partial charge in [-0.2, -0.15) is 5.10 Å². The maximum Gasteiger partial charge on any atom is 0.274 e. The minimum Gasteiger partial charge on any atom is -0.342 e. The van der Waals surface area contributed by atoms with E-state index in [-0.39, 0.29) is 35.2 Å².